The van der Waals surface area contributed by atoms with Crippen molar-refractivity contribution in [2.24, 2.45) is 5.41 Å². The largest absolute Gasteiger partial charge is 0.465 e. The summed E-state index contributed by atoms with van der Waals surface area (Å²) in [7, 11) is 0. The zero-order valence-corrected chi connectivity index (χ0v) is 13.0. The van der Waals surface area contributed by atoms with Crippen LogP contribution in [0.5, 0.6) is 0 Å². The Hall–Kier alpha value is -1.91. The lowest BCUT2D eigenvalue weighted by atomic mass is 9.84. The highest BCUT2D eigenvalue weighted by Gasteiger charge is 2.53. The molecule has 0 saturated carbocycles. The van der Waals surface area contributed by atoms with Gasteiger partial charge in [0.25, 0.3) is 0 Å². The van der Waals surface area contributed by atoms with Crippen LogP contribution < -0.4 is 0 Å². The third-order valence-electron chi connectivity index (χ3n) is 3.85. The van der Waals surface area contributed by atoms with Gasteiger partial charge < -0.3 is 9.47 Å². The quantitative estimate of drug-likeness (QED) is 0.626. The van der Waals surface area contributed by atoms with E-state index in [1.165, 1.54) is 0 Å². The van der Waals surface area contributed by atoms with Crippen LogP contribution in [0, 0.1) is 19.3 Å². The van der Waals surface area contributed by atoms with Crippen LogP contribution in [-0.4, -0.2) is 30.1 Å². The van der Waals surface area contributed by atoms with Crippen LogP contribution in [0.25, 0.3) is 0 Å². The molecule has 114 valence electrons. The Bertz CT molecular complexity index is 562. The van der Waals surface area contributed by atoms with Crippen LogP contribution in [0.3, 0.4) is 0 Å². The molecule has 0 bridgehead atoms. The van der Waals surface area contributed by atoms with E-state index in [1.54, 1.807) is 13.8 Å². The molecule has 1 aromatic heterocycles. The molecule has 21 heavy (non-hydrogen) atoms. The summed E-state index contributed by atoms with van der Waals surface area (Å²) in [4.78, 5) is 29.2. The van der Waals surface area contributed by atoms with Gasteiger partial charge in [-0.15, -0.1) is 0 Å². The van der Waals surface area contributed by atoms with Crippen molar-refractivity contribution in [1.29, 1.82) is 0 Å². The molecular weight excluding hydrogens is 270 g/mol. The monoisotopic (exact) mass is 291 g/mol. The Morgan fingerprint density at radius 2 is 1.71 bits per heavy atom. The van der Waals surface area contributed by atoms with E-state index >= 15 is 0 Å². The Morgan fingerprint density at radius 3 is 2.24 bits per heavy atom. The van der Waals surface area contributed by atoms with Gasteiger partial charge in [-0.2, -0.15) is 0 Å². The third-order valence-corrected chi connectivity index (χ3v) is 3.85. The number of pyridine rings is 1. The second-order valence-electron chi connectivity index (χ2n) is 5.36. The molecule has 5 heteroatoms. The van der Waals surface area contributed by atoms with Gasteiger partial charge in [-0.05, 0) is 51.3 Å². The van der Waals surface area contributed by atoms with Crippen LogP contribution in [0.4, 0.5) is 0 Å². The van der Waals surface area contributed by atoms with Crippen LogP contribution in [0.2, 0.25) is 0 Å². The fraction of sp³-hybridized carbons (Fsp3) is 0.562. The van der Waals surface area contributed by atoms with E-state index in [0.717, 1.165) is 22.5 Å². The number of rotatable bonds is 4. The van der Waals surface area contributed by atoms with Crippen molar-refractivity contribution < 1.29 is 19.1 Å². The number of ether oxygens (including phenoxy) is 2. The summed E-state index contributed by atoms with van der Waals surface area (Å²) in [5, 5.41) is 0. The fourth-order valence-electron chi connectivity index (χ4n) is 2.93. The topological polar surface area (TPSA) is 65.5 Å². The number of hydrogen-bond acceptors (Lipinski definition) is 5. The van der Waals surface area contributed by atoms with Crippen LogP contribution >= 0.6 is 0 Å². The van der Waals surface area contributed by atoms with Crippen LogP contribution in [0.15, 0.2) is 6.07 Å². The van der Waals surface area contributed by atoms with Crippen molar-refractivity contribution in [2.45, 2.75) is 40.5 Å². The lowest BCUT2D eigenvalue weighted by Gasteiger charge is -2.24. The van der Waals surface area contributed by atoms with Gasteiger partial charge in [0.05, 0.1) is 13.2 Å². The van der Waals surface area contributed by atoms with Crippen molar-refractivity contribution in [3.8, 4) is 0 Å². The predicted octanol–water partition coefficient (Wildman–Crippen LogP) is 1.91. The molecule has 0 radical (unpaired) electrons. The number of carbonyl (C=O) groups is 2. The van der Waals surface area contributed by atoms with E-state index in [9.17, 15) is 9.59 Å². The summed E-state index contributed by atoms with van der Waals surface area (Å²) in [6.45, 7) is 7.75. The molecule has 1 aliphatic carbocycles. The molecule has 0 spiro atoms. The minimum atomic E-state index is -1.26. The number of aromatic nitrogens is 1. The Labute approximate surface area is 124 Å². The van der Waals surface area contributed by atoms with E-state index < -0.39 is 17.4 Å². The maximum atomic E-state index is 12.4. The number of carbonyl (C=O) groups excluding carboxylic acids is 2. The highest BCUT2D eigenvalue weighted by atomic mass is 16.6. The molecule has 0 amide bonds. The van der Waals surface area contributed by atoms with Gasteiger partial charge >= 0.3 is 11.9 Å². The first-order chi connectivity index (χ1) is 9.94. The minimum absolute atomic E-state index is 0.243. The summed E-state index contributed by atoms with van der Waals surface area (Å²) in [5.41, 5.74) is 2.44. The fourth-order valence-corrected chi connectivity index (χ4v) is 2.93. The van der Waals surface area contributed by atoms with E-state index in [2.05, 4.69) is 4.98 Å². The molecule has 0 fully saturated rings. The van der Waals surface area contributed by atoms with E-state index in [1.807, 2.05) is 19.9 Å². The molecule has 0 aromatic carbocycles. The Kier molecular flexibility index (Phi) is 4.30. The SMILES string of the molecule is CCOC(=O)C1(C(=O)OCC)Cc2cc(C)nc(C)c2C1. The van der Waals surface area contributed by atoms with Crippen molar-refractivity contribution in [3.05, 3.63) is 28.6 Å². The molecule has 1 aliphatic rings. The van der Waals surface area contributed by atoms with Crippen molar-refractivity contribution in [1.82, 2.24) is 4.98 Å². The Balaban J connectivity index is 2.44. The zero-order valence-electron chi connectivity index (χ0n) is 13.0. The van der Waals surface area contributed by atoms with Crippen molar-refractivity contribution >= 4 is 11.9 Å². The molecule has 0 atom stereocenters. The van der Waals surface area contributed by atoms with Crippen LogP contribution in [0.1, 0.15) is 36.4 Å². The van der Waals surface area contributed by atoms with Gasteiger partial charge in [0.2, 0.25) is 0 Å². The molecule has 0 aliphatic heterocycles. The van der Waals surface area contributed by atoms with Gasteiger partial charge in [0.15, 0.2) is 5.41 Å². The lowest BCUT2D eigenvalue weighted by molar-refractivity contribution is -0.171. The lowest BCUT2D eigenvalue weighted by Crippen LogP contribution is -2.43. The summed E-state index contributed by atoms with van der Waals surface area (Å²) in [5.74, 6) is -1.01. The zero-order chi connectivity index (χ0) is 15.6. The molecule has 2 rings (SSSR count). The van der Waals surface area contributed by atoms with E-state index in [-0.39, 0.29) is 13.2 Å². The van der Waals surface area contributed by atoms with Gasteiger partial charge in [0, 0.05) is 17.8 Å². The molecule has 5 nitrogen and oxygen atoms in total. The normalized spacial score (nSPS) is 15.4. The first kappa shape index (κ1) is 15.5. The number of esters is 2. The van der Waals surface area contributed by atoms with Crippen molar-refractivity contribution in [3.63, 3.8) is 0 Å². The first-order valence-electron chi connectivity index (χ1n) is 7.25. The third kappa shape index (κ3) is 2.64. The molecule has 0 unspecified atom stereocenters. The second kappa shape index (κ2) is 5.84. The van der Waals surface area contributed by atoms with E-state index in [4.69, 9.17) is 9.47 Å². The number of aryl methyl sites for hydroxylation is 2. The number of fused-ring (bicyclic) bond motifs is 1. The molecule has 1 heterocycles. The maximum absolute atomic E-state index is 12.4. The number of nitrogens with zero attached hydrogens (tertiary/aromatic N) is 1. The number of hydrogen-bond donors (Lipinski definition) is 0. The summed E-state index contributed by atoms with van der Waals surface area (Å²) in [6.07, 6.45) is 0.628. The van der Waals surface area contributed by atoms with Gasteiger partial charge in [-0.3, -0.25) is 14.6 Å². The molecular formula is C16H21NO4. The smallest absolute Gasteiger partial charge is 0.324 e. The average molecular weight is 291 g/mol. The molecule has 1 aromatic rings. The predicted molar refractivity (Wildman–Crippen MR) is 76.8 cm³/mol. The second-order valence-corrected chi connectivity index (χ2v) is 5.36. The van der Waals surface area contributed by atoms with E-state index in [0.29, 0.717) is 12.8 Å². The first-order valence-corrected chi connectivity index (χ1v) is 7.25. The maximum Gasteiger partial charge on any atom is 0.324 e. The standard InChI is InChI=1S/C16H21NO4/c1-5-20-14(18)16(15(19)21-6-2)8-12-7-10(3)17-11(4)13(12)9-16/h7H,5-6,8-9H2,1-4H3. The Morgan fingerprint density at radius 1 is 1.14 bits per heavy atom. The van der Waals surface area contributed by atoms with Gasteiger partial charge in [-0.1, -0.05) is 0 Å². The van der Waals surface area contributed by atoms with Gasteiger partial charge in [0.1, 0.15) is 0 Å². The minimum Gasteiger partial charge on any atom is -0.465 e. The molecule has 0 N–H and O–H groups in total. The van der Waals surface area contributed by atoms with Crippen molar-refractivity contribution in [2.75, 3.05) is 13.2 Å². The summed E-state index contributed by atoms with van der Waals surface area (Å²) < 4.78 is 10.3. The summed E-state index contributed by atoms with van der Waals surface area (Å²) >= 11 is 0. The summed E-state index contributed by atoms with van der Waals surface area (Å²) in [6, 6.07) is 1.93. The molecule has 0 saturated heterocycles. The average Bonchev–Trinajstić information content (AvgIpc) is 2.80. The highest BCUT2D eigenvalue weighted by Crippen LogP contribution is 2.40. The van der Waals surface area contributed by atoms with Crippen LogP contribution in [-0.2, 0) is 31.9 Å². The van der Waals surface area contributed by atoms with Gasteiger partial charge in [-0.25, -0.2) is 0 Å². The highest BCUT2D eigenvalue weighted by molar-refractivity contribution is 6.01.